The van der Waals surface area contributed by atoms with E-state index in [0.29, 0.717) is 23.3 Å². The second-order valence-corrected chi connectivity index (χ2v) is 9.06. The van der Waals surface area contributed by atoms with Crippen LogP contribution in [0.3, 0.4) is 0 Å². The van der Waals surface area contributed by atoms with Gasteiger partial charge in [0.1, 0.15) is 5.65 Å². The second-order valence-electron chi connectivity index (χ2n) is 9.06. The molecule has 1 unspecified atom stereocenters. The highest BCUT2D eigenvalue weighted by atomic mass is 16.5. The van der Waals surface area contributed by atoms with Gasteiger partial charge in [-0.15, -0.1) is 0 Å². The van der Waals surface area contributed by atoms with Crippen LogP contribution in [0, 0.1) is 11.3 Å². The van der Waals surface area contributed by atoms with Gasteiger partial charge >= 0.3 is 5.97 Å². The molecular formula is C27H31N5O3. The van der Waals surface area contributed by atoms with E-state index in [1.54, 1.807) is 31.3 Å². The summed E-state index contributed by atoms with van der Waals surface area (Å²) < 4.78 is 6.83. The molecule has 0 aliphatic heterocycles. The number of esters is 1. The maximum atomic E-state index is 12.9. The number of carbonyl (C=O) groups is 2. The van der Waals surface area contributed by atoms with E-state index in [2.05, 4.69) is 15.6 Å². The minimum atomic E-state index is -0.203. The molecule has 2 aromatic heterocycles. The number of hydrogen-bond acceptors (Lipinski definition) is 6. The number of benzene rings is 1. The monoisotopic (exact) mass is 473 g/mol. The van der Waals surface area contributed by atoms with Crippen molar-refractivity contribution in [3.63, 3.8) is 0 Å². The van der Waals surface area contributed by atoms with Gasteiger partial charge in [-0.3, -0.25) is 14.0 Å². The van der Waals surface area contributed by atoms with Crippen LogP contribution >= 0.6 is 0 Å². The number of anilines is 1. The predicted octanol–water partition coefficient (Wildman–Crippen LogP) is 4.82. The number of amides is 1. The van der Waals surface area contributed by atoms with Gasteiger partial charge < -0.3 is 20.8 Å². The molecule has 8 nitrogen and oxygen atoms in total. The number of pyridine rings is 1. The molecule has 1 amide bonds. The van der Waals surface area contributed by atoms with Gasteiger partial charge in [0.05, 0.1) is 24.9 Å². The number of ether oxygens (including phenoxy) is 1. The topological polar surface area (TPSA) is 109 Å². The molecule has 2 heterocycles. The normalized spacial score (nSPS) is 18.2. The molecule has 3 N–H and O–H groups in total. The summed E-state index contributed by atoms with van der Waals surface area (Å²) in [6, 6.07) is 11.5. The Kier molecular flexibility index (Phi) is 7.29. The molecule has 1 aromatic carbocycles. The van der Waals surface area contributed by atoms with Crippen LogP contribution in [0.2, 0.25) is 0 Å². The Labute approximate surface area is 204 Å². The van der Waals surface area contributed by atoms with Crippen molar-refractivity contribution in [1.82, 2.24) is 14.7 Å². The lowest BCUT2D eigenvalue weighted by atomic mass is 9.85. The first-order valence-electron chi connectivity index (χ1n) is 11.8. The van der Waals surface area contributed by atoms with Gasteiger partial charge in [0.2, 0.25) is 0 Å². The summed E-state index contributed by atoms with van der Waals surface area (Å²) >= 11 is 0. The quantitative estimate of drug-likeness (QED) is 0.337. The highest BCUT2D eigenvalue weighted by Gasteiger charge is 2.29. The van der Waals surface area contributed by atoms with Crippen LogP contribution < -0.4 is 10.6 Å². The number of carbonyl (C=O) groups excluding carboxylic acids is 2. The molecular weight excluding hydrogens is 442 g/mol. The summed E-state index contributed by atoms with van der Waals surface area (Å²) in [5, 5.41) is 14.0. The highest BCUT2D eigenvalue weighted by Crippen LogP contribution is 2.27. The van der Waals surface area contributed by atoms with Crippen LogP contribution in [0.1, 0.15) is 49.9 Å². The number of rotatable bonds is 7. The maximum absolute atomic E-state index is 12.9. The van der Waals surface area contributed by atoms with Crippen molar-refractivity contribution in [3.05, 3.63) is 66.1 Å². The lowest BCUT2D eigenvalue weighted by molar-refractivity contribution is -0.146. The number of imidazole rings is 1. The van der Waals surface area contributed by atoms with Gasteiger partial charge in [-0.05, 0) is 63.5 Å². The number of hydrogen-bond donors (Lipinski definition) is 3. The third kappa shape index (κ3) is 5.77. The van der Waals surface area contributed by atoms with Crippen LogP contribution in [0.25, 0.3) is 16.9 Å². The Bertz CT molecular complexity index is 1290. The van der Waals surface area contributed by atoms with Crippen LogP contribution in [0.5, 0.6) is 0 Å². The smallest absolute Gasteiger partial charge is 0.308 e. The Morgan fingerprint density at radius 1 is 1.20 bits per heavy atom. The van der Waals surface area contributed by atoms with Crippen molar-refractivity contribution >= 4 is 28.9 Å². The van der Waals surface area contributed by atoms with Gasteiger partial charge in [-0.25, -0.2) is 4.98 Å². The number of fused-ring (bicyclic) bond motifs is 1. The molecule has 182 valence electrons. The summed E-state index contributed by atoms with van der Waals surface area (Å²) in [4.78, 5) is 29.3. The van der Waals surface area contributed by atoms with E-state index in [9.17, 15) is 9.59 Å². The summed E-state index contributed by atoms with van der Waals surface area (Å²) in [5.74, 6) is -0.525. The fourth-order valence-corrected chi connectivity index (χ4v) is 4.65. The fraction of sp³-hybridized carbons (Fsp3) is 0.333. The van der Waals surface area contributed by atoms with Crippen molar-refractivity contribution in [2.45, 2.75) is 45.6 Å². The van der Waals surface area contributed by atoms with E-state index in [1.807, 2.05) is 41.8 Å². The molecule has 4 rings (SSSR count). The van der Waals surface area contributed by atoms with Crippen molar-refractivity contribution in [1.29, 1.82) is 5.41 Å². The molecule has 3 aromatic rings. The first-order valence-corrected chi connectivity index (χ1v) is 11.8. The first kappa shape index (κ1) is 24.2. The van der Waals surface area contributed by atoms with Crippen molar-refractivity contribution < 1.29 is 14.3 Å². The van der Waals surface area contributed by atoms with E-state index in [4.69, 9.17) is 10.1 Å². The Balaban J connectivity index is 1.50. The largest absolute Gasteiger partial charge is 0.469 e. The zero-order chi connectivity index (χ0) is 24.9. The summed E-state index contributed by atoms with van der Waals surface area (Å²) in [7, 11) is 1.41. The standard InChI is InChI=1S/C27H31N5O3/c1-17(28)12-18(2)30-22-8-4-6-19(13-22)24-16-29-25-15-20(10-11-32(24)25)26(33)31-23-9-5-7-21(14-23)27(34)35-3/h4,6,8,10-13,15-16,21,23,28,30H,5,7,9,14H2,1-3H3,(H,31,33)/b18-12-,28-17?/t21?,23-/m0/s1. The molecule has 1 aliphatic carbocycles. The molecule has 2 atom stereocenters. The Hall–Kier alpha value is -3.94. The highest BCUT2D eigenvalue weighted by molar-refractivity contribution is 5.95. The predicted molar refractivity (Wildman–Crippen MR) is 137 cm³/mol. The second kappa shape index (κ2) is 10.5. The lowest BCUT2D eigenvalue weighted by Gasteiger charge is -2.28. The molecule has 1 fully saturated rings. The minimum Gasteiger partial charge on any atom is -0.469 e. The van der Waals surface area contributed by atoms with Crippen molar-refractivity contribution in [2.75, 3.05) is 12.4 Å². The third-order valence-corrected chi connectivity index (χ3v) is 6.25. The molecule has 1 saturated carbocycles. The molecule has 35 heavy (non-hydrogen) atoms. The number of nitrogens with zero attached hydrogens (tertiary/aromatic N) is 2. The SMILES string of the molecule is COC(=O)C1CCC[C@H](NC(=O)c2ccn3c(-c4cccc(N/C(C)=C\C(C)=N)c4)cnc3c2)C1. The van der Waals surface area contributed by atoms with Crippen LogP contribution in [-0.2, 0) is 9.53 Å². The van der Waals surface area contributed by atoms with Crippen LogP contribution in [0.15, 0.2) is 60.6 Å². The molecule has 0 saturated heterocycles. The Morgan fingerprint density at radius 2 is 2.03 bits per heavy atom. The van der Waals surface area contributed by atoms with Crippen LogP contribution in [-0.4, -0.2) is 40.1 Å². The molecule has 1 aliphatic rings. The molecule has 8 heteroatoms. The summed E-state index contributed by atoms with van der Waals surface area (Å²) in [6.45, 7) is 3.66. The number of nitrogens with one attached hydrogen (secondary N) is 3. The zero-order valence-electron chi connectivity index (χ0n) is 20.3. The van der Waals surface area contributed by atoms with Gasteiger partial charge in [0.25, 0.3) is 5.91 Å². The van der Waals surface area contributed by atoms with Gasteiger partial charge in [-0.1, -0.05) is 18.6 Å². The number of methoxy groups -OCH3 is 1. The average molecular weight is 474 g/mol. The molecule has 0 bridgehead atoms. The van der Waals surface area contributed by atoms with E-state index >= 15 is 0 Å². The number of allylic oxidation sites excluding steroid dienone is 2. The van der Waals surface area contributed by atoms with Gasteiger partial charge in [-0.2, -0.15) is 0 Å². The molecule has 0 spiro atoms. The van der Waals surface area contributed by atoms with Crippen LogP contribution in [0.4, 0.5) is 5.69 Å². The van der Waals surface area contributed by atoms with Gasteiger partial charge in [0.15, 0.2) is 0 Å². The van der Waals surface area contributed by atoms with Gasteiger partial charge in [0, 0.05) is 40.5 Å². The lowest BCUT2D eigenvalue weighted by Crippen LogP contribution is -2.40. The number of aromatic nitrogens is 2. The zero-order valence-corrected chi connectivity index (χ0v) is 20.3. The van der Waals surface area contributed by atoms with Crippen molar-refractivity contribution in [3.8, 4) is 11.3 Å². The van der Waals surface area contributed by atoms with E-state index in [1.165, 1.54) is 7.11 Å². The summed E-state index contributed by atoms with van der Waals surface area (Å²) in [5.41, 5.74) is 5.40. The van der Waals surface area contributed by atoms with Crippen molar-refractivity contribution in [2.24, 2.45) is 5.92 Å². The average Bonchev–Trinajstić information content (AvgIpc) is 3.26. The maximum Gasteiger partial charge on any atom is 0.308 e. The third-order valence-electron chi connectivity index (χ3n) is 6.25. The van der Waals surface area contributed by atoms with E-state index in [-0.39, 0.29) is 23.8 Å². The summed E-state index contributed by atoms with van der Waals surface area (Å²) in [6.07, 6.45) is 8.57. The van der Waals surface area contributed by atoms with E-state index < -0.39 is 0 Å². The van der Waals surface area contributed by atoms with E-state index in [0.717, 1.165) is 41.9 Å². The minimum absolute atomic E-state index is 0.0453. The molecule has 0 radical (unpaired) electrons. The Morgan fingerprint density at radius 3 is 2.80 bits per heavy atom. The first-order chi connectivity index (χ1) is 16.8. The fourth-order valence-electron chi connectivity index (χ4n) is 4.65.